The highest BCUT2D eigenvalue weighted by atomic mass is 79.9. The van der Waals surface area contributed by atoms with Crippen LogP contribution in [0, 0.1) is 6.92 Å². The number of thiazole rings is 1. The summed E-state index contributed by atoms with van der Waals surface area (Å²) in [7, 11) is 0. The first-order valence-electron chi connectivity index (χ1n) is 15.6. The summed E-state index contributed by atoms with van der Waals surface area (Å²) in [6.07, 6.45) is 18.8. The number of unbranched alkanes of at least 4 members (excludes halogenated alkanes) is 11. The highest BCUT2D eigenvalue weighted by Crippen LogP contribution is 2.22. The lowest BCUT2D eigenvalue weighted by Gasteiger charge is -2.23. The molecule has 0 saturated carbocycles. The van der Waals surface area contributed by atoms with E-state index in [1.165, 1.54) is 81.1 Å². The maximum absolute atomic E-state index is 12.9. The Morgan fingerprint density at radius 3 is 2.05 bits per heavy atom. The number of hydrogen-bond acceptors (Lipinski definition) is 3. The molecule has 0 atom stereocenters. The topological polar surface area (TPSA) is 33.4 Å². The lowest BCUT2D eigenvalue weighted by molar-refractivity contribution is -0.683. The predicted octanol–water partition coefficient (Wildman–Crippen LogP) is 6.42. The lowest BCUT2D eigenvalue weighted by atomic mass is 10.1. The van der Waals surface area contributed by atoms with E-state index in [0.717, 1.165) is 36.6 Å². The molecule has 1 amide bonds. The van der Waals surface area contributed by atoms with E-state index >= 15 is 0 Å². The molecule has 226 valence electrons. The van der Waals surface area contributed by atoms with Crippen LogP contribution >= 0.6 is 11.3 Å². The minimum absolute atomic E-state index is 0. The first-order chi connectivity index (χ1) is 19.6. The Morgan fingerprint density at radius 1 is 0.829 bits per heavy atom. The zero-order valence-corrected chi connectivity index (χ0v) is 28.0. The first-order valence-corrected chi connectivity index (χ1v) is 16.5. The molecule has 0 aliphatic rings. The number of rotatable bonds is 20. The van der Waals surface area contributed by atoms with Crippen molar-refractivity contribution in [3.8, 4) is 5.75 Å². The molecule has 0 spiro atoms. The fraction of sp³-hybridized carbons (Fsp3) is 0.543. The average molecular weight is 644 g/mol. The number of aryl methyl sites for hydroxylation is 1. The van der Waals surface area contributed by atoms with Gasteiger partial charge >= 0.3 is 0 Å². The molecule has 0 fully saturated rings. The first kappa shape index (κ1) is 35.0. The number of halogens is 1. The fourth-order valence-electron chi connectivity index (χ4n) is 5.08. The number of carbonyl (C=O) groups is 1. The molecule has 0 radical (unpaired) electrons. The molecule has 3 aromatic rings. The van der Waals surface area contributed by atoms with Crippen LogP contribution in [0.1, 0.15) is 113 Å². The maximum atomic E-state index is 12.9. The number of carbonyl (C=O) groups excluding carboxylic acids is 1. The Bertz CT molecular complexity index is 1120. The molecule has 0 aliphatic heterocycles. The highest BCUT2D eigenvalue weighted by molar-refractivity contribution is 7.09. The van der Waals surface area contributed by atoms with Crippen LogP contribution in [-0.2, 0) is 17.9 Å². The molecule has 0 aliphatic carbocycles. The standard InChI is InChI=1S/C35H51N2O2S.BrH/c1-4-6-7-8-9-10-11-12-13-14-15-16-24-39-34-22-20-31(21-23-34)28-37(35(38)5-2)33-19-17-18-32(25-33)27-36-26-30(3)40-29-36;/h17-23,25-26,29H,4-16,24,27-28H2,1-3H3;1H/q+1;/p-1. The number of nitrogens with zero attached hydrogens (tertiary/aromatic N) is 2. The molecule has 0 N–H and O–H groups in total. The van der Waals surface area contributed by atoms with E-state index in [2.05, 4.69) is 54.4 Å². The second kappa shape index (κ2) is 20.7. The SMILES string of the molecule is CCCCCCCCCCCCCCOc1ccc(CN(C(=O)CC)c2cccc(C[n+]3csc(C)c3)c2)cc1.[Br-]. The number of benzene rings is 2. The molecule has 41 heavy (non-hydrogen) atoms. The van der Waals surface area contributed by atoms with Crippen LogP contribution < -0.4 is 31.2 Å². The predicted molar refractivity (Wildman–Crippen MR) is 169 cm³/mol. The van der Waals surface area contributed by atoms with E-state index in [0.29, 0.717) is 13.0 Å². The van der Waals surface area contributed by atoms with Gasteiger partial charge in [0.15, 0.2) is 12.7 Å². The van der Waals surface area contributed by atoms with Crippen LogP contribution in [0.3, 0.4) is 0 Å². The van der Waals surface area contributed by atoms with Crippen LogP contribution in [0.5, 0.6) is 5.75 Å². The average Bonchev–Trinajstić information content (AvgIpc) is 3.38. The third-order valence-electron chi connectivity index (χ3n) is 7.44. The van der Waals surface area contributed by atoms with Crippen molar-refractivity contribution >= 4 is 22.9 Å². The zero-order valence-electron chi connectivity index (χ0n) is 25.6. The van der Waals surface area contributed by atoms with Crippen molar-refractivity contribution in [1.29, 1.82) is 0 Å². The van der Waals surface area contributed by atoms with Crippen molar-refractivity contribution in [2.75, 3.05) is 11.5 Å². The molecule has 1 aromatic heterocycles. The van der Waals surface area contributed by atoms with Gasteiger partial charge < -0.3 is 26.6 Å². The van der Waals surface area contributed by atoms with Gasteiger partial charge in [-0.2, -0.15) is 4.57 Å². The summed E-state index contributed by atoms with van der Waals surface area (Å²) < 4.78 is 8.20. The normalized spacial score (nSPS) is 10.8. The Morgan fingerprint density at radius 2 is 1.46 bits per heavy atom. The third kappa shape index (κ3) is 13.6. The molecule has 4 nitrogen and oxygen atoms in total. The molecule has 2 aromatic carbocycles. The van der Waals surface area contributed by atoms with Gasteiger partial charge in [0, 0.05) is 17.7 Å². The number of anilines is 1. The Labute approximate surface area is 263 Å². The molecular formula is C35H51BrN2O2S. The van der Waals surface area contributed by atoms with E-state index in [9.17, 15) is 4.79 Å². The molecule has 0 unspecified atom stereocenters. The highest BCUT2D eigenvalue weighted by Gasteiger charge is 2.16. The fourth-order valence-corrected chi connectivity index (χ4v) is 5.72. The van der Waals surface area contributed by atoms with E-state index in [1.54, 1.807) is 11.3 Å². The Hall–Kier alpha value is -2.18. The van der Waals surface area contributed by atoms with Crippen molar-refractivity contribution in [2.24, 2.45) is 0 Å². The van der Waals surface area contributed by atoms with Crippen molar-refractivity contribution in [3.05, 3.63) is 76.2 Å². The Balaban J connectivity index is 0.00000588. The smallest absolute Gasteiger partial charge is 0.227 e. The van der Waals surface area contributed by atoms with Gasteiger partial charge in [-0.15, -0.1) is 0 Å². The molecule has 0 bridgehead atoms. The van der Waals surface area contributed by atoms with Gasteiger partial charge in [0.25, 0.3) is 0 Å². The van der Waals surface area contributed by atoms with Crippen molar-refractivity contribution < 1.29 is 31.1 Å². The summed E-state index contributed by atoms with van der Waals surface area (Å²) >= 11 is 1.75. The van der Waals surface area contributed by atoms with Crippen LogP contribution in [0.4, 0.5) is 5.69 Å². The molecule has 3 rings (SSSR count). The van der Waals surface area contributed by atoms with Crippen LogP contribution in [-0.4, -0.2) is 12.5 Å². The Kier molecular flexibility index (Phi) is 17.6. The van der Waals surface area contributed by atoms with Gasteiger partial charge in [0.05, 0.1) is 18.0 Å². The second-order valence-corrected chi connectivity index (χ2v) is 12.1. The molecule has 0 saturated heterocycles. The van der Waals surface area contributed by atoms with Gasteiger partial charge in [-0.3, -0.25) is 4.79 Å². The van der Waals surface area contributed by atoms with E-state index < -0.39 is 0 Å². The van der Waals surface area contributed by atoms with Crippen LogP contribution in [0.25, 0.3) is 0 Å². The number of amides is 1. The molecular weight excluding hydrogens is 592 g/mol. The summed E-state index contributed by atoms with van der Waals surface area (Å²) in [6, 6.07) is 16.6. The van der Waals surface area contributed by atoms with Gasteiger partial charge in [0.2, 0.25) is 11.4 Å². The van der Waals surface area contributed by atoms with Crippen LogP contribution in [0.2, 0.25) is 0 Å². The third-order valence-corrected chi connectivity index (χ3v) is 8.30. The summed E-state index contributed by atoms with van der Waals surface area (Å²) in [5.74, 6) is 1.04. The maximum Gasteiger partial charge on any atom is 0.227 e. The largest absolute Gasteiger partial charge is 1.00 e. The number of ether oxygens (including phenoxy) is 1. The van der Waals surface area contributed by atoms with E-state index in [1.807, 2.05) is 36.1 Å². The van der Waals surface area contributed by atoms with Gasteiger partial charge in [-0.25, -0.2) is 0 Å². The van der Waals surface area contributed by atoms with Crippen LogP contribution in [0.15, 0.2) is 60.2 Å². The van der Waals surface area contributed by atoms with E-state index in [-0.39, 0.29) is 22.9 Å². The lowest BCUT2D eigenvalue weighted by Crippen LogP contribution is -3.00. The number of aromatic nitrogens is 1. The monoisotopic (exact) mass is 642 g/mol. The summed E-state index contributed by atoms with van der Waals surface area (Å²) in [4.78, 5) is 16.1. The van der Waals surface area contributed by atoms with Crippen molar-refractivity contribution in [3.63, 3.8) is 0 Å². The molecule has 6 heteroatoms. The van der Waals surface area contributed by atoms with Crippen molar-refractivity contribution in [1.82, 2.24) is 0 Å². The zero-order chi connectivity index (χ0) is 28.4. The van der Waals surface area contributed by atoms with Gasteiger partial charge in [-0.1, -0.05) is 120 Å². The quantitative estimate of drug-likeness (QED) is 0.105. The van der Waals surface area contributed by atoms with Crippen molar-refractivity contribution in [2.45, 2.75) is 117 Å². The summed E-state index contributed by atoms with van der Waals surface area (Å²) in [6.45, 7) is 8.45. The summed E-state index contributed by atoms with van der Waals surface area (Å²) in [5, 5.41) is 0. The summed E-state index contributed by atoms with van der Waals surface area (Å²) in [5.41, 5.74) is 5.38. The second-order valence-electron chi connectivity index (χ2n) is 11.0. The van der Waals surface area contributed by atoms with E-state index in [4.69, 9.17) is 4.74 Å². The minimum Gasteiger partial charge on any atom is -1.00 e. The van der Waals surface area contributed by atoms with Gasteiger partial charge in [-0.05, 0) is 43.2 Å². The van der Waals surface area contributed by atoms with Gasteiger partial charge in [0.1, 0.15) is 5.75 Å². The number of hydrogen-bond donors (Lipinski definition) is 0. The molecule has 1 heterocycles. The minimum atomic E-state index is 0.